The van der Waals surface area contributed by atoms with Crippen molar-refractivity contribution in [3.63, 3.8) is 0 Å². The van der Waals surface area contributed by atoms with Gasteiger partial charge in [-0.1, -0.05) is 30.3 Å². The van der Waals surface area contributed by atoms with Gasteiger partial charge < -0.3 is 9.84 Å². The third-order valence-electron chi connectivity index (χ3n) is 2.23. The first-order valence-electron chi connectivity index (χ1n) is 5.54. The monoisotopic (exact) mass is 250 g/mol. The lowest BCUT2D eigenvalue weighted by Gasteiger charge is -2.03. The van der Waals surface area contributed by atoms with Gasteiger partial charge >= 0.3 is 5.97 Å². The number of Topliss-reactive ketones (excluding diaryl/α,β-unsaturated/α-hetero) is 2. The van der Waals surface area contributed by atoms with E-state index in [-0.39, 0.29) is 37.4 Å². The van der Waals surface area contributed by atoms with Crippen molar-refractivity contribution in [1.82, 2.24) is 0 Å². The average molecular weight is 250 g/mol. The maximum absolute atomic E-state index is 11.5. The van der Waals surface area contributed by atoms with Gasteiger partial charge in [-0.25, -0.2) is 4.79 Å². The molecule has 5 nitrogen and oxygen atoms in total. The molecule has 1 aromatic rings. The normalized spacial score (nSPS) is 9.83. The highest BCUT2D eigenvalue weighted by Crippen LogP contribution is 2.02. The summed E-state index contributed by atoms with van der Waals surface area (Å²) in [6, 6.07) is 8.05. The Morgan fingerprint density at radius 2 is 1.72 bits per heavy atom. The number of ether oxygens (including phenoxy) is 1. The molecule has 0 radical (unpaired) electrons. The number of carbonyl (C=O) groups excluding carboxylic acids is 3. The van der Waals surface area contributed by atoms with E-state index in [0.717, 1.165) is 0 Å². The first-order chi connectivity index (χ1) is 8.65. The quantitative estimate of drug-likeness (QED) is 0.439. The molecule has 96 valence electrons. The van der Waals surface area contributed by atoms with E-state index >= 15 is 0 Å². The molecule has 0 spiro atoms. The second-order valence-electron chi connectivity index (χ2n) is 3.59. The molecule has 0 fully saturated rings. The van der Waals surface area contributed by atoms with Gasteiger partial charge in [0.15, 0.2) is 0 Å². The fourth-order valence-corrected chi connectivity index (χ4v) is 1.28. The van der Waals surface area contributed by atoms with Crippen LogP contribution in [0.5, 0.6) is 0 Å². The molecule has 0 atom stereocenters. The van der Waals surface area contributed by atoms with Crippen molar-refractivity contribution in [3.8, 4) is 0 Å². The summed E-state index contributed by atoms with van der Waals surface area (Å²) in [5, 5.41) is 8.50. The molecule has 0 aromatic heterocycles. The number of benzene rings is 1. The lowest BCUT2D eigenvalue weighted by molar-refractivity contribution is -0.139. The van der Waals surface area contributed by atoms with Gasteiger partial charge in [-0.05, 0) is 0 Å². The Bertz CT molecular complexity index is 424. The Hall–Kier alpha value is -2.01. The summed E-state index contributed by atoms with van der Waals surface area (Å²) in [6.07, 6.45) is 0.0402. The van der Waals surface area contributed by atoms with Gasteiger partial charge in [0.1, 0.15) is 5.78 Å². The zero-order valence-corrected chi connectivity index (χ0v) is 9.80. The first kappa shape index (κ1) is 14.1. The van der Waals surface area contributed by atoms with Crippen LogP contribution in [0.25, 0.3) is 0 Å². The standard InChI is InChI=1S/C13H14O5/c14-8-6-11(15)7-9-18-13(17)12(16)10-4-2-1-3-5-10/h1-5,14H,6-9H2. The van der Waals surface area contributed by atoms with Crippen LogP contribution < -0.4 is 0 Å². The van der Waals surface area contributed by atoms with Gasteiger partial charge in [-0.2, -0.15) is 0 Å². The SMILES string of the molecule is O=C(CCO)CCOC(=O)C(=O)c1ccccc1. The van der Waals surface area contributed by atoms with E-state index < -0.39 is 11.8 Å². The summed E-state index contributed by atoms with van der Waals surface area (Å²) in [5.41, 5.74) is 0.254. The number of aliphatic hydroxyl groups is 1. The summed E-state index contributed by atoms with van der Waals surface area (Å²) in [4.78, 5) is 33.9. The van der Waals surface area contributed by atoms with E-state index in [2.05, 4.69) is 4.74 Å². The Balaban J connectivity index is 2.38. The van der Waals surface area contributed by atoms with E-state index in [1.165, 1.54) is 12.1 Å². The molecule has 1 rings (SSSR count). The zero-order valence-electron chi connectivity index (χ0n) is 9.80. The van der Waals surface area contributed by atoms with Gasteiger partial charge in [0.05, 0.1) is 6.61 Å². The second kappa shape index (κ2) is 7.34. The molecule has 0 heterocycles. The molecule has 18 heavy (non-hydrogen) atoms. The predicted octanol–water partition coefficient (Wildman–Crippen LogP) is 0.754. The second-order valence-corrected chi connectivity index (χ2v) is 3.59. The minimum absolute atomic E-state index is 0.00830. The zero-order chi connectivity index (χ0) is 13.4. The van der Waals surface area contributed by atoms with Crippen LogP contribution in [0.3, 0.4) is 0 Å². The van der Waals surface area contributed by atoms with Crippen LogP contribution in [0.1, 0.15) is 23.2 Å². The van der Waals surface area contributed by atoms with Crippen LogP contribution in [0.15, 0.2) is 30.3 Å². The Labute approximate surface area is 104 Å². The smallest absolute Gasteiger partial charge is 0.379 e. The molecular weight excluding hydrogens is 236 g/mol. The molecule has 0 aliphatic heterocycles. The van der Waals surface area contributed by atoms with Gasteiger partial charge in [-0.3, -0.25) is 9.59 Å². The molecule has 1 N–H and O–H groups in total. The van der Waals surface area contributed by atoms with Crippen LogP contribution in [0.4, 0.5) is 0 Å². The Morgan fingerprint density at radius 3 is 2.33 bits per heavy atom. The van der Waals surface area contributed by atoms with Crippen molar-refractivity contribution in [2.24, 2.45) is 0 Å². The fourth-order valence-electron chi connectivity index (χ4n) is 1.28. The molecule has 0 saturated carbocycles. The largest absolute Gasteiger partial charge is 0.459 e. The maximum atomic E-state index is 11.5. The van der Waals surface area contributed by atoms with Crippen molar-refractivity contribution in [1.29, 1.82) is 0 Å². The number of ketones is 2. The molecule has 1 aromatic carbocycles. The molecule has 0 aliphatic carbocycles. The third kappa shape index (κ3) is 4.47. The molecule has 0 amide bonds. The van der Waals surface area contributed by atoms with Crippen LogP contribution in [0.2, 0.25) is 0 Å². The molecule has 0 aliphatic rings. The highest BCUT2D eigenvalue weighted by molar-refractivity contribution is 6.40. The number of hydrogen-bond acceptors (Lipinski definition) is 5. The van der Waals surface area contributed by atoms with E-state index in [4.69, 9.17) is 5.11 Å². The van der Waals surface area contributed by atoms with E-state index in [1.54, 1.807) is 18.2 Å². The molecular formula is C13H14O5. The summed E-state index contributed by atoms with van der Waals surface area (Å²) in [6.45, 7) is -0.369. The number of aliphatic hydroxyl groups excluding tert-OH is 1. The van der Waals surface area contributed by atoms with Gasteiger partial charge in [0.2, 0.25) is 0 Å². The van der Waals surface area contributed by atoms with Gasteiger partial charge in [0.25, 0.3) is 5.78 Å². The average Bonchev–Trinajstić information content (AvgIpc) is 2.39. The van der Waals surface area contributed by atoms with Crippen LogP contribution >= 0.6 is 0 Å². The number of carbonyl (C=O) groups is 3. The highest BCUT2D eigenvalue weighted by atomic mass is 16.5. The number of esters is 1. The Morgan fingerprint density at radius 1 is 1.06 bits per heavy atom. The minimum Gasteiger partial charge on any atom is -0.459 e. The molecule has 0 unspecified atom stereocenters. The van der Waals surface area contributed by atoms with E-state index in [9.17, 15) is 14.4 Å². The van der Waals surface area contributed by atoms with Crippen LogP contribution in [-0.2, 0) is 14.3 Å². The van der Waals surface area contributed by atoms with Crippen molar-refractivity contribution in [3.05, 3.63) is 35.9 Å². The van der Waals surface area contributed by atoms with Crippen molar-refractivity contribution < 1.29 is 24.2 Å². The van der Waals surface area contributed by atoms with Crippen LogP contribution in [-0.4, -0.2) is 35.9 Å². The predicted molar refractivity (Wildman–Crippen MR) is 63.1 cm³/mol. The van der Waals surface area contributed by atoms with Crippen molar-refractivity contribution >= 4 is 17.5 Å². The number of rotatable bonds is 7. The minimum atomic E-state index is -0.974. The van der Waals surface area contributed by atoms with E-state index in [1.807, 2.05) is 0 Å². The van der Waals surface area contributed by atoms with Crippen molar-refractivity contribution in [2.75, 3.05) is 13.2 Å². The van der Waals surface area contributed by atoms with E-state index in [0.29, 0.717) is 0 Å². The van der Waals surface area contributed by atoms with Gasteiger partial charge in [-0.15, -0.1) is 0 Å². The number of hydrogen-bond donors (Lipinski definition) is 1. The topological polar surface area (TPSA) is 80.7 Å². The summed E-state index contributed by atoms with van der Waals surface area (Å²) in [7, 11) is 0. The summed E-state index contributed by atoms with van der Waals surface area (Å²) < 4.78 is 4.68. The fraction of sp³-hybridized carbons (Fsp3) is 0.308. The first-order valence-corrected chi connectivity index (χ1v) is 5.54. The highest BCUT2D eigenvalue weighted by Gasteiger charge is 2.17. The van der Waals surface area contributed by atoms with Gasteiger partial charge in [0, 0.05) is 25.0 Å². The summed E-state index contributed by atoms with van der Waals surface area (Å²) >= 11 is 0. The maximum Gasteiger partial charge on any atom is 0.379 e. The lowest BCUT2D eigenvalue weighted by atomic mass is 10.1. The molecule has 0 saturated heterocycles. The van der Waals surface area contributed by atoms with Crippen LogP contribution in [0, 0.1) is 0 Å². The lowest BCUT2D eigenvalue weighted by Crippen LogP contribution is -2.19. The molecule has 5 heteroatoms. The third-order valence-corrected chi connectivity index (χ3v) is 2.23. The summed E-state index contributed by atoms with van der Waals surface area (Å²) in [5.74, 6) is -1.92. The Kier molecular flexibility index (Phi) is 5.73. The molecule has 0 bridgehead atoms. The van der Waals surface area contributed by atoms with Crippen molar-refractivity contribution in [2.45, 2.75) is 12.8 Å².